The van der Waals surface area contributed by atoms with Crippen molar-refractivity contribution in [2.45, 2.75) is 38.6 Å². The smallest absolute Gasteiger partial charge is 0.408 e. The minimum Gasteiger partial charge on any atom is -0.444 e. The van der Waals surface area contributed by atoms with Gasteiger partial charge in [-0.25, -0.2) is 9.18 Å². The van der Waals surface area contributed by atoms with Crippen LogP contribution in [-0.4, -0.2) is 17.7 Å². The van der Waals surface area contributed by atoms with Gasteiger partial charge in [0.25, 0.3) is 0 Å². The molecule has 0 aliphatic heterocycles. The third kappa shape index (κ3) is 5.12. The lowest BCUT2D eigenvalue weighted by molar-refractivity contribution is 0.0491. The molecule has 2 atom stereocenters. The highest BCUT2D eigenvalue weighted by Crippen LogP contribution is 2.22. The molecular weight excluding hydrogens is 245 g/mol. The summed E-state index contributed by atoms with van der Waals surface area (Å²) in [6.45, 7) is 8.80. The molecule has 0 spiro atoms. The minimum absolute atomic E-state index is 0.489. The molecule has 0 unspecified atom stereocenters. The van der Waals surface area contributed by atoms with Crippen LogP contribution in [0.1, 0.15) is 32.5 Å². The maximum absolute atomic E-state index is 14.3. The fourth-order valence-corrected chi connectivity index (χ4v) is 1.54. The van der Waals surface area contributed by atoms with Crippen LogP contribution in [0.25, 0.3) is 0 Å². The van der Waals surface area contributed by atoms with Crippen molar-refractivity contribution in [2.24, 2.45) is 0 Å². The van der Waals surface area contributed by atoms with Crippen LogP contribution in [0.15, 0.2) is 43.0 Å². The number of alkyl halides is 1. The summed E-state index contributed by atoms with van der Waals surface area (Å²) in [4.78, 5) is 11.6. The van der Waals surface area contributed by atoms with Crippen molar-refractivity contribution in [3.05, 3.63) is 48.6 Å². The number of nitrogens with one attached hydrogen (secondary N) is 1. The highest BCUT2D eigenvalue weighted by atomic mass is 19.1. The van der Waals surface area contributed by atoms with E-state index in [0.29, 0.717) is 5.56 Å². The number of ether oxygens (including phenoxy) is 1. The van der Waals surface area contributed by atoms with Gasteiger partial charge in [0.2, 0.25) is 0 Å². The predicted molar refractivity (Wildman–Crippen MR) is 73.6 cm³/mol. The molecule has 0 aliphatic carbocycles. The molecule has 1 aromatic rings. The van der Waals surface area contributed by atoms with Gasteiger partial charge in [-0.05, 0) is 26.3 Å². The topological polar surface area (TPSA) is 38.3 Å². The number of hydrogen-bond donors (Lipinski definition) is 1. The van der Waals surface area contributed by atoms with Gasteiger partial charge >= 0.3 is 6.09 Å². The molecule has 1 N–H and O–H groups in total. The molecule has 104 valence electrons. The Morgan fingerprint density at radius 3 is 2.42 bits per heavy atom. The van der Waals surface area contributed by atoms with Crippen LogP contribution in [0.3, 0.4) is 0 Å². The number of carbonyl (C=O) groups excluding carboxylic acids is 1. The van der Waals surface area contributed by atoms with Gasteiger partial charge in [-0.3, -0.25) is 0 Å². The van der Waals surface area contributed by atoms with Gasteiger partial charge in [-0.15, -0.1) is 6.58 Å². The second-order valence-electron chi connectivity index (χ2n) is 5.22. The third-order valence-electron chi connectivity index (χ3n) is 2.37. The number of rotatable bonds is 4. The van der Waals surface area contributed by atoms with E-state index in [9.17, 15) is 9.18 Å². The summed E-state index contributed by atoms with van der Waals surface area (Å²) in [5.74, 6) is 0. The average Bonchev–Trinajstić information content (AvgIpc) is 2.34. The molecule has 0 saturated carbocycles. The average molecular weight is 265 g/mol. The lowest BCUT2D eigenvalue weighted by atomic mass is 10.0. The van der Waals surface area contributed by atoms with Crippen molar-refractivity contribution in [1.29, 1.82) is 0 Å². The zero-order valence-corrected chi connectivity index (χ0v) is 11.5. The Hall–Kier alpha value is -1.84. The van der Waals surface area contributed by atoms with E-state index in [4.69, 9.17) is 4.74 Å². The van der Waals surface area contributed by atoms with Crippen molar-refractivity contribution < 1.29 is 13.9 Å². The Morgan fingerprint density at radius 2 is 1.95 bits per heavy atom. The van der Waals surface area contributed by atoms with Crippen molar-refractivity contribution in [3.63, 3.8) is 0 Å². The Morgan fingerprint density at radius 1 is 1.37 bits per heavy atom. The van der Waals surface area contributed by atoms with Crippen LogP contribution in [0.5, 0.6) is 0 Å². The molecule has 4 heteroatoms. The SMILES string of the molecule is C=C[C@@H](NC(=O)OC(C)(C)C)[C@@H](F)c1ccccc1. The maximum atomic E-state index is 14.3. The largest absolute Gasteiger partial charge is 0.444 e. The number of benzene rings is 1. The van der Waals surface area contributed by atoms with Gasteiger partial charge in [0.05, 0.1) is 6.04 Å². The van der Waals surface area contributed by atoms with E-state index in [1.807, 2.05) is 0 Å². The molecule has 0 saturated heterocycles. The summed E-state index contributed by atoms with van der Waals surface area (Å²) in [7, 11) is 0. The van der Waals surface area contributed by atoms with Crippen LogP contribution in [0.2, 0.25) is 0 Å². The maximum Gasteiger partial charge on any atom is 0.408 e. The van der Waals surface area contributed by atoms with Gasteiger partial charge in [0.1, 0.15) is 11.8 Å². The van der Waals surface area contributed by atoms with Gasteiger partial charge in [0.15, 0.2) is 0 Å². The van der Waals surface area contributed by atoms with E-state index in [1.54, 1.807) is 51.1 Å². The Balaban J connectivity index is 2.68. The number of amides is 1. The van der Waals surface area contributed by atoms with Crippen LogP contribution in [0, 0.1) is 0 Å². The quantitative estimate of drug-likeness (QED) is 0.841. The van der Waals surface area contributed by atoms with E-state index in [1.165, 1.54) is 6.08 Å². The minimum atomic E-state index is -1.36. The normalized spacial score (nSPS) is 14.3. The second-order valence-corrected chi connectivity index (χ2v) is 5.22. The van der Waals surface area contributed by atoms with Crippen LogP contribution in [0.4, 0.5) is 9.18 Å². The lowest BCUT2D eigenvalue weighted by Gasteiger charge is -2.24. The summed E-state index contributed by atoms with van der Waals surface area (Å²) in [5.41, 5.74) is -0.127. The fourth-order valence-electron chi connectivity index (χ4n) is 1.54. The first kappa shape index (κ1) is 15.2. The van der Waals surface area contributed by atoms with Gasteiger partial charge in [-0.1, -0.05) is 36.4 Å². The summed E-state index contributed by atoms with van der Waals surface area (Å²) < 4.78 is 19.3. The first-order valence-corrected chi connectivity index (χ1v) is 6.14. The third-order valence-corrected chi connectivity index (χ3v) is 2.37. The molecule has 0 aromatic heterocycles. The number of hydrogen-bond acceptors (Lipinski definition) is 2. The number of carbonyl (C=O) groups is 1. The Labute approximate surface area is 113 Å². The molecule has 19 heavy (non-hydrogen) atoms. The van der Waals surface area contributed by atoms with Gasteiger partial charge < -0.3 is 10.1 Å². The molecule has 0 heterocycles. The molecule has 0 radical (unpaired) electrons. The first-order valence-electron chi connectivity index (χ1n) is 6.14. The number of alkyl carbamates (subject to hydrolysis) is 1. The Bertz CT molecular complexity index is 426. The standard InChI is InChI=1S/C15H20FNO2/c1-5-12(17-14(18)19-15(2,3)4)13(16)11-9-7-6-8-10-11/h5-10,12-13H,1H2,2-4H3,(H,17,18)/t12-,13+/m1/s1. The molecule has 0 bridgehead atoms. The zero-order chi connectivity index (χ0) is 14.5. The molecule has 0 aliphatic rings. The summed E-state index contributed by atoms with van der Waals surface area (Å²) >= 11 is 0. The summed E-state index contributed by atoms with van der Waals surface area (Å²) in [6, 6.07) is 7.80. The van der Waals surface area contributed by atoms with Crippen LogP contribution < -0.4 is 5.32 Å². The predicted octanol–water partition coefficient (Wildman–Crippen LogP) is 3.78. The van der Waals surface area contributed by atoms with E-state index in [0.717, 1.165) is 0 Å². The van der Waals surface area contributed by atoms with E-state index in [-0.39, 0.29) is 0 Å². The first-order chi connectivity index (χ1) is 8.83. The van der Waals surface area contributed by atoms with Crippen molar-refractivity contribution in [2.75, 3.05) is 0 Å². The highest BCUT2D eigenvalue weighted by molar-refractivity contribution is 5.68. The van der Waals surface area contributed by atoms with E-state index < -0.39 is 23.9 Å². The van der Waals surface area contributed by atoms with Gasteiger partial charge in [0, 0.05) is 0 Å². The van der Waals surface area contributed by atoms with E-state index >= 15 is 0 Å². The monoisotopic (exact) mass is 265 g/mol. The summed E-state index contributed by atoms with van der Waals surface area (Å²) in [5, 5.41) is 2.47. The van der Waals surface area contributed by atoms with Gasteiger partial charge in [-0.2, -0.15) is 0 Å². The Kier molecular flexibility index (Phi) is 5.10. The molecule has 3 nitrogen and oxygen atoms in total. The molecular formula is C15H20FNO2. The molecule has 0 fully saturated rings. The van der Waals surface area contributed by atoms with Crippen molar-refractivity contribution in [3.8, 4) is 0 Å². The molecule has 1 amide bonds. The second kappa shape index (κ2) is 6.36. The molecule has 1 aromatic carbocycles. The fraction of sp³-hybridized carbons (Fsp3) is 0.400. The van der Waals surface area contributed by atoms with Crippen molar-refractivity contribution >= 4 is 6.09 Å². The highest BCUT2D eigenvalue weighted by Gasteiger charge is 2.24. The van der Waals surface area contributed by atoms with E-state index in [2.05, 4.69) is 11.9 Å². The lowest BCUT2D eigenvalue weighted by Crippen LogP contribution is -2.40. The summed E-state index contributed by atoms with van der Waals surface area (Å²) in [6.07, 6.45) is -0.649. The molecule has 1 rings (SSSR count). The zero-order valence-electron chi connectivity index (χ0n) is 11.5. The van der Waals surface area contributed by atoms with Crippen molar-refractivity contribution in [1.82, 2.24) is 5.32 Å². The van der Waals surface area contributed by atoms with Crippen LogP contribution >= 0.6 is 0 Å². The number of halogens is 1. The van der Waals surface area contributed by atoms with Crippen LogP contribution in [-0.2, 0) is 4.74 Å².